The molecule has 0 aromatic heterocycles. The molecule has 0 saturated carbocycles. The molecule has 1 aliphatic heterocycles. The minimum atomic E-state index is -0.551. The van der Waals surface area contributed by atoms with E-state index in [1.807, 2.05) is 37.3 Å². The van der Waals surface area contributed by atoms with E-state index in [0.29, 0.717) is 11.3 Å². The Hall–Kier alpha value is -2.66. The normalized spacial score (nSPS) is 24.9. The fourth-order valence-electron chi connectivity index (χ4n) is 3.76. The van der Waals surface area contributed by atoms with Gasteiger partial charge < -0.3 is 14.8 Å². The summed E-state index contributed by atoms with van der Waals surface area (Å²) in [7, 11) is 2.96. The smallest absolute Gasteiger partial charge is 0.323 e. The van der Waals surface area contributed by atoms with Crippen LogP contribution < -0.4 is 10.1 Å². The zero-order valence-corrected chi connectivity index (χ0v) is 15.1. The van der Waals surface area contributed by atoms with E-state index >= 15 is 0 Å². The standard InChI is InChI=1S/C21H23NO4/c1-13-17(20(23)15-9-11-16(25-2)12-10-15)18(14-7-5-4-6-8-14)19(22-13)21(24)26-3/h4-13,17-19,22H,1-3H3/t13-,17+,18-,19-/m0/s1. The number of ketones is 1. The van der Waals surface area contributed by atoms with Gasteiger partial charge >= 0.3 is 5.97 Å². The van der Waals surface area contributed by atoms with Crippen LogP contribution >= 0.6 is 0 Å². The van der Waals surface area contributed by atoms with Crippen LogP contribution in [0.1, 0.15) is 28.8 Å². The van der Waals surface area contributed by atoms with Crippen LogP contribution in [0, 0.1) is 5.92 Å². The van der Waals surface area contributed by atoms with Gasteiger partial charge in [-0.1, -0.05) is 30.3 Å². The fraction of sp³-hybridized carbons (Fsp3) is 0.333. The number of methoxy groups -OCH3 is 2. The van der Waals surface area contributed by atoms with Crippen LogP contribution in [-0.2, 0) is 9.53 Å². The highest BCUT2D eigenvalue weighted by molar-refractivity contribution is 6.00. The van der Waals surface area contributed by atoms with E-state index in [9.17, 15) is 9.59 Å². The first-order valence-electron chi connectivity index (χ1n) is 8.64. The quantitative estimate of drug-likeness (QED) is 0.661. The SMILES string of the molecule is COC(=O)[C@H]1N[C@@H](C)[C@@H](C(=O)c2ccc(OC)cc2)[C@@H]1c1ccccc1. The van der Waals surface area contributed by atoms with Crippen LogP contribution in [0.15, 0.2) is 54.6 Å². The summed E-state index contributed by atoms with van der Waals surface area (Å²) < 4.78 is 10.1. The van der Waals surface area contributed by atoms with Gasteiger partial charge in [0.2, 0.25) is 0 Å². The summed E-state index contributed by atoms with van der Waals surface area (Å²) in [5.41, 5.74) is 1.56. The Morgan fingerprint density at radius 1 is 0.962 bits per heavy atom. The van der Waals surface area contributed by atoms with E-state index in [0.717, 1.165) is 5.56 Å². The fourth-order valence-corrected chi connectivity index (χ4v) is 3.76. The van der Waals surface area contributed by atoms with Crippen LogP contribution in [0.4, 0.5) is 0 Å². The highest BCUT2D eigenvalue weighted by Gasteiger charge is 2.48. The predicted molar refractivity (Wildman–Crippen MR) is 98.4 cm³/mol. The van der Waals surface area contributed by atoms with E-state index < -0.39 is 6.04 Å². The molecule has 0 amide bonds. The molecule has 2 aromatic rings. The summed E-state index contributed by atoms with van der Waals surface area (Å²) in [6, 6.07) is 16.0. The topological polar surface area (TPSA) is 64.6 Å². The van der Waals surface area contributed by atoms with Crippen LogP contribution in [0.5, 0.6) is 5.75 Å². The molecule has 4 atom stereocenters. The van der Waals surface area contributed by atoms with Crippen molar-refractivity contribution in [3.63, 3.8) is 0 Å². The molecular weight excluding hydrogens is 330 g/mol. The maximum absolute atomic E-state index is 13.3. The molecule has 1 fully saturated rings. The summed E-state index contributed by atoms with van der Waals surface area (Å²) >= 11 is 0. The third-order valence-corrected chi connectivity index (χ3v) is 5.04. The van der Waals surface area contributed by atoms with Gasteiger partial charge in [0, 0.05) is 23.4 Å². The van der Waals surface area contributed by atoms with Gasteiger partial charge in [-0.05, 0) is 36.8 Å². The van der Waals surface area contributed by atoms with Crippen LogP contribution in [-0.4, -0.2) is 38.1 Å². The molecular formula is C21H23NO4. The second-order valence-electron chi connectivity index (χ2n) is 6.51. The molecule has 0 bridgehead atoms. The minimum Gasteiger partial charge on any atom is -0.497 e. The second-order valence-corrected chi connectivity index (χ2v) is 6.51. The average molecular weight is 353 g/mol. The van der Waals surface area contributed by atoms with Crippen molar-refractivity contribution in [3.05, 3.63) is 65.7 Å². The highest BCUT2D eigenvalue weighted by Crippen LogP contribution is 2.39. The first kappa shape index (κ1) is 18.1. The summed E-state index contributed by atoms with van der Waals surface area (Å²) in [5, 5.41) is 3.26. The lowest BCUT2D eigenvalue weighted by Crippen LogP contribution is -2.37. The second kappa shape index (κ2) is 7.70. The zero-order valence-electron chi connectivity index (χ0n) is 15.1. The van der Waals surface area contributed by atoms with Gasteiger partial charge in [-0.3, -0.25) is 9.59 Å². The molecule has 1 N–H and O–H groups in total. The minimum absolute atomic E-state index is 0.00732. The Labute approximate surface area is 153 Å². The lowest BCUT2D eigenvalue weighted by atomic mass is 9.78. The Balaban J connectivity index is 1.99. The van der Waals surface area contributed by atoms with Crippen molar-refractivity contribution in [1.29, 1.82) is 0 Å². The third-order valence-electron chi connectivity index (χ3n) is 5.04. The van der Waals surface area contributed by atoms with E-state index in [1.54, 1.807) is 31.4 Å². The lowest BCUT2D eigenvalue weighted by Gasteiger charge is -2.23. The Bertz CT molecular complexity index is 772. The van der Waals surface area contributed by atoms with E-state index in [-0.39, 0.29) is 29.6 Å². The van der Waals surface area contributed by atoms with Crippen molar-refractivity contribution in [2.75, 3.05) is 14.2 Å². The van der Waals surface area contributed by atoms with Gasteiger partial charge in [0.25, 0.3) is 0 Å². The molecule has 26 heavy (non-hydrogen) atoms. The van der Waals surface area contributed by atoms with Gasteiger partial charge in [0.05, 0.1) is 14.2 Å². The molecule has 1 heterocycles. The van der Waals surface area contributed by atoms with Crippen LogP contribution in [0.2, 0.25) is 0 Å². The molecule has 3 rings (SSSR count). The maximum atomic E-state index is 13.3. The number of carbonyl (C=O) groups excluding carboxylic acids is 2. The Morgan fingerprint density at radius 3 is 2.19 bits per heavy atom. The highest BCUT2D eigenvalue weighted by atomic mass is 16.5. The number of rotatable bonds is 5. The van der Waals surface area contributed by atoms with Crippen molar-refractivity contribution < 1.29 is 19.1 Å². The summed E-state index contributed by atoms with van der Waals surface area (Å²) in [5.74, 6) is -0.294. The van der Waals surface area contributed by atoms with E-state index in [1.165, 1.54) is 7.11 Å². The zero-order chi connectivity index (χ0) is 18.7. The Morgan fingerprint density at radius 2 is 1.62 bits per heavy atom. The molecule has 2 aromatic carbocycles. The molecule has 1 saturated heterocycles. The molecule has 0 radical (unpaired) electrons. The first-order chi connectivity index (χ1) is 12.6. The summed E-state index contributed by atoms with van der Waals surface area (Å²) in [6.07, 6.45) is 0. The largest absolute Gasteiger partial charge is 0.497 e. The van der Waals surface area contributed by atoms with E-state index in [2.05, 4.69) is 5.32 Å². The molecule has 136 valence electrons. The van der Waals surface area contributed by atoms with Gasteiger partial charge in [0.1, 0.15) is 11.8 Å². The molecule has 5 nitrogen and oxygen atoms in total. The van der Waals surface area contributed by atoms with Crippen LogP contribution in [0.3, 0.4) is 0 Å². The number of esters is 1. The average Bonchev–Trinajstić information content (AvgIpc) is 3.04. The lowest BCUT2D eigenvalue weighted by molar-refractivity contribution is -0.143. The van der Waals surface area contributed by atoms with Crippen LogP contribution in [0.25, 0.3) is 0 Å². The number of Topliss-reactive ketones (excluding diaryl/α,β-unsaturated/α-hetero) is 1. The van der Waals surface area contributed by atoms with Crippen molar-refractivity contribution in [3.8, 4) is 5.75 Å². The molecule has 0 spiro atoms. The van der Waals surface area contributed by atoms with E-state index in [4.69, 9.17) is 9.47 Å². The number of benzene rings is 2. The van der Waals surface area contributed by atoms with Gasteiger partial charge in [-0.15, -0.1) is 0 Å². The number of ether oxygens (including phenoxy) is 2. The van der Waals surface area contributed by atoms with Crippen molar-refractivity contribution in [2.45, 2.75) is 24.9 Å². The molecule has 0 aliphatic carbocycles. The van der Waals surface area contributed by atoms with Gasteiger partial charge in [-0.2, -0.15) is 0 Å². The predicted octanol–water partition coefficient (Wildman–Crippen LogP) is 2.81. The number of hydrogen-bond donors (Lipinski definition) is 1. The number of hydrogen-bond acceptors (Lipinski definition) is 5. The summed E-state index contributed by atoms with van der Waals surface area (Å²) in [6.45, 7) is 1.94. The summed E-state index contributed by atoms with van der Waals surface area (Å²) in [4.78, 5) is 25.6. The Kier molecular flexibility index (Phi) is 5.38. The van der Waals surface area contributed by atoms with Crippen molar-refractivity contribution in [1.82, 2.24) is 5.32 Å². The monoisotopic (exact) mass is 353 g/mol. The van der Waals surface area contributed by atoms with Crippen molar-refractivity contribution >= 4 is 11.8 Å². The number of carbonyl (C=O) groups is 2. The third kappa shape index (κ3) is 3.35. The maximum Gasteiger partial charge on any atom is 0.323 e. The van der Waals surface area contributed by atoms with Gasteiger partial charge in [-0.25, -0.2) is 0 Å². The van der Waals surface area contributed by atoms with Crippen molar-refractivity contribution in [2.24, 2.45) is 5.92 Å². The molecule has 5 heteroatoms. The van der Waals surface area contributed by atoms with Gasteiger partial charge in [0.15, 0.2) is 5.78 Å². The first-order valence-corrected chi connectivity index (χ1v) is 8.64. The molecule has 0 unspecified atom stereocenters. The number of nitrogens with one attached hydrogen (secondary N) is 1. The molecule has 1 aliphatic rings.